The van der Waals surface area contributed by atoms with Crippen molar-refractivity contribution in [2.45, 2.75) is 74.1 Å². The minimum absolute atomic E-state index is 0.0444. The van der Waals surface area contributed by atoms with Crippen molar-refractivity contribution in [2.24, 2.45) is 17.3 Å². The molecule has 0 unspecified atom stereocenters. The molecule has 1 aromatic carbocycles. The third-order valence-corrected chi connectivity index (χ3v) is 5.32. The summed E-state index contributed by atoms with van der Waals surface area (Å²) < 4.78 is 29.7. The van der Waals surface area contributed by atoms with E-state index in [1.165, 1.54) is 5.56 Å². The fourth-order valence-electron chi connectivity index (χ4n) is 3.09. The minimum atomic E-state index is -3.64. The maximum Gasteiger partial charge on any atom is 0.530 e. The van der Waals surface area contributed by atoms with Crippen LogP contribution < -0.4 is 4.52 Å². The van der Waals surface area contributed by atoms with Crippen LogP contribution in [0.1, 0.15) is 74.3 Å². The molecule has 1 rings (SSSR count). The second kappa shape index (κ2) is 9.58. The van der Waals surface area contributed by atoms with Crippen molar-refractivity contribution >= 4 is 7.82 Å². The minimum Gasteiger partial charge on any atom is -0.404 e. The number of hydrogen-bond acceptors (Lipinski definition) is 4. The lowest BCUT2D eigenvalue weighted by molar-refractivity contribution is 0.131. The van der Waals surface area contributed by atoms with Crippen LogP contribution in [0, 0.1) is 17.3 Å². The van der Waals surface area contributed by atoms with E-state index in [-0.39, 0.29) is 22.7 Å². The third kappa shape index (κ3) is 9.27. The molecule has 0 atom stereocenters. The lowest BCUT2D eigenvalue weighted by Gasteiger charge is -2.33. The first-order valence-electron chi connectivity index (χ1n) is 9.92. The second-order valence-electron chi connectivity index (χ2n) is 10.1. The van der Waals surface area contributed by atoms with E-state index in [0.717, 1.165) is 6.42 Å². The van der Waals surface area contributed by atoms with Gasteiger partial charge in [0.2, 0.25) is 0 Å². The molecule has 27 heavy (non-hydrogen) atoms. The van der Waals surface area contributed by atoms with Gasteiger partial charge < -0.3 is 4.52 Å². The fourth-order valence-corrected chi connectivity index (χ4v) is 4.62. The average Bonchev–Trinajstić information content (AvgIpc) is 2.49. The Kier molecular flexibility index (Phi) is 8.59. The quantitative estimate of drug-likeness (QED) is 0.390. The molecule has 0 aliphatic carbocycles. The highest BCUT2D eigenvalue weighted by atomic mass is 31.2. The standard InChI is InChI=1S/C22H39O4P/c1-17(2)14-24-27(23,25-15-18(3)4)26-20-12-10-19(11-13-20)22(8,9)16-21(5,6)7/h10-13,17-18H,14-16H2,1-9H3. The number of phosphoric acid groups is 1. The van der Waals surface area contributed by atoms with Crippen LogP contribution in [0.4, 0.5) is 0 Å². The number of phosphoric ester groups is 1. The molecule has 5 heteroatoms. The highest BCUT2D eigenvalue weighted by molar-refractivity contribution is 7.48. The Morgan fingerprint density at radius 2 is 1.30 bits per heavy atom. The van der Waals surface area contributed by atoms with Gasteiger partial charge in [-0.05, 0) is 46.8 Å². The molecule has 0 fully saturated rings. The topological polar surface area (TPSA) is 44.8 Å². The van der Waals surface area contributed by atoms with Gasteiger partial charge >= 0.3 is 7.82 Å². The summed E-state index contributed by atoms with van der Waals surface area (Å²) in [7, 11) is -3.64. The molecule has 0 aliphatic heterocycles. The molecule has 0 saturated heterocycles. The van der Waals surface area contributed by atoms with Crippen molar-refractivity contribution < 1.29 is 18.1 Å². The predicted molar refractivity (Wildman–Crippen MR) is 113 cm³/mol. The van der Waals surface area contributed by atoms with Crippen molar-refractivity contribution in [3.05, 3.63) is 29.8 Å². The molecule has 0 heterocycles. The summed E-state index contributed by atoms with van der Waals surface area (Å²) in [6, 6.07) is 7.78. The van der Waals surface area contributed by atoms with Crippen molar-refractivity contribution in [2.75, 3.05) is 13.2 Å². The largest absolute Gasteiger partial charge is 0.530 e. The van der Waals surface area contributed by atoms with Gasteiger partial charge in [-0.3, -0.25) is 9.05 Å². The van der Waals surface area contributed by atoms with Crippen molar-refractivity contribution in [3.8, 4) is 5.75 Å². The van der Waals surface area contributed by atoms with Crippen LogP contribution >= 0.6 is 7.82 Å². The molecule has 1 aromatic rings. The zero-order chi connectivity index (χ0) is 20.9. The molecule has 0 bridgehead atoms. The molecule has 156 valence electrons. The van der Waals surface area contributed by atoms with Gasteiger partial charge in [0.25, 0.3) is 0 Å². The summed E-state index contributed by atoms with van der Waals surface area (Å²) in [4.78, 5) is 0. The summed E-state index contributed by atoms with van der Waals surface area (Å²) in [5.41, 5.74) is 1.51. The molecule has 0 N–H and O–H groups in total. The van der Waals surface area contributed by atoms with E-state index in [2.05, 4.69) is 34.6 Å². The third-order valence-electron chi connectivity index (χ3n) is 3.96. The van der Waals surface area contributed by atoms with Gasteiger partial charge in [-0.25, -0.2) is 4.57 Å². The molecule has 0 aromatic heterocycles. The molecule has 0 saturated carbocycles. The van der Waals surface area contributed by atoms with E-state index in [1.54, 1.807) is 0 Å². The maximum atomic E-state index is 13.0. The Labute approximate surface area is 166 Å². The lowest BCUT2D eigenvalue weighted by atomic mass is 9.72. The van der Waals surface area contributed by atoms with Gasteiger partial charge in [-0.15, -0.1) is 0 Å². The van der Waals surface area contributed by atoms with E-state index < -0.39 is 7.82 Å². The Morgan fingerprint density at radius 3 is 1.67 bits per heavy atom. The van der Waals surface area contributed by atoms with E-state index in [0.29, 0.717) is 19.0 Å². The zero-order valence-electron chi connectivity index (χ0n) is 18.7. The molecule has 0 radical (unpaired) electrons. The summed E-state index contributed by atoms with van der Waals surface area (Å²) in [5, 5.41) is 0. The average molecular weight is 399 g/mol. The molecule has 0 aliphatic rings. The van der Waals surface area contributed by atoms with Crippen LogP contribution in [0.3, 0.4) is 0 Å². The van der Waals surface area contributed by atoms with Gasteiger partial charge in [0, 0.05) is 0 Å². The Balaban J connectivity index is 2.92. The molecular weight excluding hydrogens is 359 g/mol. The number of hydrogen-bond donors (Lipinski definition) is 0. The summed E-state index contributed by atoms with van der Waals surface area (Å²) in [6.07, 6.45) is 1.06. The molecule has 4 nitrogen and oxygen atoms in total. The summed E-state index contributed by atoms with van der Waals surface area (Å²) in [6.45, 7) is 19.9. The second-order valence-corrected chi connectivity index (χ2v) is 11.7. The summed E-state index contributed by atoms with van der Waals surface area (Å²) >= 11 is 0. The van der Waals surface area contributed by atoms with Crippen LogP contribution in [0.15, 0.2) is 24.3 Å². The smallest absolute Gasteiger partial charge is 0.404 e. The normalized spacial score (nSPS) is 13.4. The van der Waals surface area contributed by atoms with Gasteiger partial charge in [-0.2, -0.15) is 0 Å². The van der Waals surface area contributed by atoms with Crippen molar-refractivity contribution in [3.63, 3.8) is 0 Å². The monoisotopic (exact) mass is 398 g/mol. The van der Waals surface area contributed by atoms with Gasteiger partial charge in [-0.1, -0.05) is 74.4 Å². The molecular formula is C22H39O4P. The first kappa shape index (κ1) is 24.2. The molecule has 0 amide bonds. The van der Waals surface area contributed by atoms with E-state index in [1.807, 2.05) is 52.0 Å². The van der Waals surface area contributed by atoms with Crippen molar-refractivity contribution in [1.29, 1.82) is 0 Å². The van der Waals surface area contributed by atoms with Crippen LogP contribution in [0.5, 0.6) is 5.75 Å². The predicted octanol–water partition coefficient (Wildman–Crippen LogP) is 7.23. The van der Waals surface area contributed by atoms with Gasteiger partial charge in [0.15, 0.2) is 0 Å². The van der Waals surface area contributed by atoms with Crippen LogP contribution in [-0.2, 0) is 19.0 Å². The van der Waals surface area contributed by atoms with Crippen LogP contribution in [0.25, 0.3) is 0 Å². The fraction of sp³-hybridized carbons (Fsp3) is 0.727. The van der Waals surface area contributed by atoms with Gasteiger partial charge in [0.05, 0.1) is 13.2 Å². The zero-order valence-corrected chi connectivity index (χ0v) is 19.6. The first-order valence-corrected chi connectivity index (χ1v) is 11.4. The maximum absolute atomic E-state index is 13.0. The van der Waals surface area contributed by atoms with Crippen molar-refractivity contribution in [1.82, 2.24) is 0 Å². The number of benzene rings is 1. The molecule has 0 spiro atoms. The van der Waals surface area contributed by atoms with Crippen LogP contribution in [-0.4, -0.2) is 13.2 Å². The van der Waals surface area contributed by atoms with E-state index in [9.17, 15) is 4.57 Å². The van der Waals surface area contributed by atoms with Crippen LogP contribution in [0.2, 0.25) is 0 Å². The Morgan fingerprint density at radius 1 is 0.852 bits per heavy atom. The first-order chi connectivity index (χ1) is 12.2. The Hall–Kier alpha value is -0.830. The SMILES string of the molecule is CC(C)COP(=O)(OCC(C)C)Oc1ccc(C(C)(C)CC(C)(C)C)cc1. The number of rotatable bonds is 10. The van der Waals surface area contributed by atoms with E-state index in [4.69, 9.17) is 13.6 Å². The van der Waals surface area contributed by atoms with E-state index >= 15 is 0 Å². The van der Waals surface area contributed by atoms with Gasteiger partial charge in [0.1, 0.15) is 5.75 Å². The lowest BCUT2D eigenvalue weighted by Crippen LogP contribution is -2.24. The highest BCUT2D eigenvalue weighted by Crippen LogP contribution is 2.50. The summed E-state index contributed by atoms with van der Waals surface area (Å²) in [5.74, 6) is 0.983. The Bertz CT molecular complexity index is 596. The highest BCUT2D eigenvalue weighted by Gasteiger charge is 2.30.